The van der Waals surface area contributed by atoms with Gasteiger partial charge in [0.1, 0.15) is 0 Å². The summed E-state index contributed by atoms with van der Waals surface area (Å²) in [6.45, 7) is 11.8. The molecular formula is C13H27N3O3S. The Morgan fingerprint density at radius 1 is 1.20 bits per heavy atom. The zero-order chi connectivity index (χ0) is 15.5. The lowest BCUT2D eigenvalue weighted by Gasteiger charge is -2.27. The van der Waals surface area contributed by atoms with Crippen molar-refractivity contribution in [1.29, 1.82) is 0 Å². The largest absolute Gasteiger partial charge is 0.337 e. The molecule has 0 heterocycles. The first kappa shape index (κ1) is 18.9. The SMILES string of the molecule is CCN(CC)CCNC(=O)N(CCC=S(=O)=O)C(C)C. The topological polar surface area (TPSA) is 69.7 Å². The van der Waals surface area contributed by atoms with Gasteiger partial charge in [-0.1, -0.05) is 13.8 Å². The molecule has 118 valence electrons. The van der Waals surface area contributed by atoms with E-state index in [-0.39, 0.29) is 12.1 Å². The van der Waals surface area contributed by atoms with Crippen LogP contribution < -0.4 is 5.32 Å². The van der Waals surface area contributed by atoms with Gasteiger partial charge in [-0.3, -0.25) is 0 Å². The average Bonchev–Trinajstić information content (AvgIpc) is 2.38. The van der Waals surface area contributed by atoms with E-state index in [4.69, 9.17) is 0 Å². The molecule has 0 rings (SSSR count). The van der Waals surface area contributed by atoms with Gasteiger partial charge in [0.25, 0.3) is 0 Å². The first-order chi connectivity index (χ1) is 9.42. The molecular weight excluding hydrogens is 278 g/mol. The summed E-state index contributed by atoms with van der Waals surface area (Å²) in [5.41, 5.74) is 0. The Morgan fingerprint density at radius 2 is 1.80 bits per heavy atom. The van der Waals surface area contributed by atoms with Crippen molar-refractivity contribution in [3.8, 4) is 0 Å². The summed E-state index contributed by atoms with van der Waals surface area (Å²) in [6.07, 6.45) is 0.345. The molecule has 0 aromatic carbocycles. The highest BCUT2D eigenvalue weighted by Crippen LogP contribution is 1.99. The van der Waals surface area contributed by atoms with Crippen LogP contribution in [0.1, 0.15) is 34.1 Å². The Labute approximate surface area is 123 Å². The van der Waals surface area contributed by atoms with Gasteiger partial charge in [-0.15, -0.1) is 0 Å². The van der Waals surface area contributed by atoms with Crippen molar-refractivity contribution in [3.63, 3.8) is 0 Å². The van der Waals surface area contributed by atoms with Gasteiger partial charge < -0.3 is 15.1 Å². The number of carbonyl (C=O) groups is 1. The predicted molar refractivity (Wildman–Crippen MR) is 82.6 cm³/mol. The minimum Gasteiger partial charge on any atom is -0.337 e. The first-order valence-corrected chi connectivity index (χ1v) is 8.24. The van der Waals surface area contributed by atoms with Gasteiger partial charge in [-0.05, 0) is 33.4 Å². The van der Waals surface area contributed by atoms with Crippen molar-refractivity contribution in [2.45, 2.75) is 40.2 Å². The third kappa shape index (κ3) is 8.16. The molecule has 0 bridgehead atoms. The number of amides is 2. The van der Waals surface area contributed by atoms with Gasteiger partial charge in [0, 0.05) is 31.0 Å². The molecule has 0 aromatic rings. The fourth-order valence-corrected chi connectivity index (χ4v) is 2.14. The second-order valence-corrected chi connectivity index (χ2v) is 5.62. The van der Waals surface area contributed by atoms with Crippen LogP contribution in [0.5, 0.6) is 0 Å². The second kappa shape index (κ2) is 10.7. The minimum atomic E-state index is -2.16. The summed E-state index contributed by atoms with van der Waals surface area (Å²) < 4.78 is 20.9. The molecule has 0 saturated heterocycles. The van der Waals surface area contributed by atoms with Crippen LogP contribution >= 0.6 is 0 Å². The Balaban J connectivity index is 4.25. The van der Waals surface area contributed by atoms with Crippen LogP contribution in [0, 0.1) is 0 Å². The number of likely N-dealkylation sites (N-methyl/N-ethyl adjacent to an activating group) is 1. The Bertz CT molecular complexity index is 395. The van der Waals surface area contributed by atoms with Gasteiger partial charge in [-0.2, -0.15) is 8.42 Å². The molecule has 0 aliphatic rings. The number of hydrogen-bond acceptors (Lipinski definition) is 4. The third-order valence-corrected chi connectivity index (χ3v) is 3.61. The maximum Gasteiger partial charge on any atom is 0.317 e. The van der Waals surface area contributed by atoms with Crippen molar-refractivity contribution in [2.75, 3.05) is 32.7 Å². The molecule has 0 aliphatic heterocycles. The number of nitrogens with zero attached hydrogens (tertiary/aromatic N) is 2. The van der Waals surface area contributed by atoms with Crippen LogP contribution in [0.25, 0.3) is 0 Å². The molecule has 0 radical (unpaired) electrons. The lowest BCUT2D eigenvalue weighted by atomic mass is 10.3. The van der Waals surface area contributed by atoms with Crippen LogP contribution in [0.4, 0.5) is 4.79 Å². The van der Waals surface area contributed by atoms with Crippen LogP contribution in [-0.4, -0.2) is 68.4 Å². The van der Waals surface area contributed by atoms with E-state index in [0.717, 1.165) is 19.6 Å². The molecule has 0 saturated carbocycles. The lowest BCUT2D eigenvalue weighted by Crippen LogP contribution is -2.46. The van der Waals surface area contributed by atoms with Crippen LogP contribution in [-0.2, 0) is 10.3 Å². The van der Waals surface area contributed by atoms with E-state index in [1.807, 2.05) is 13.8 Å². The van der Waals surface area contributed by atoms with Gasteiger partial charge in [0.15, 0.2) is 0 Å². The van der Waals surface area contributed by atoms with Gasteiger partial charge >= 0.3 is 6.03 Å². The Hall–Kier alpha value is -1.08. The number of rotatable bonds is 9. The zero-order valence-electron chi connectivity index (χ0n) is 12.9. The highest BCUT2D eigenvalue weighted by atomic mass is 32.2. The van der Waals surface area contributed by atoms with Crippen molar-refractivity contribution in [3.05, 3.63) is 0 Å². The predicted octanol–water partition coefficient (Wildman–Crippen LogP) is 0.820. The lowest BCUT2D eigenvalue weighted by molar-refractivity contribution is 0.183. The quantitative estimate of drug-likeness (QED) is 0.640. The molecule has 0 unspecified atom stereocenters. The average molecular weight is 305 g/mol. The second-order valence-electron chi connectivity index (χ2n) is 4.76. The summed E-state index contributed by atoms with van der Waals surface area (Å²) in [6, 6.07) is -0.103. The summed E-state index contributed by atoms with van der Waals surface area (Å²) >= 11 is 0. The maximum absolute atomic E-state index is 12.0. The van der Waals surface area contributed by atoms with Gasteiger partial charge in [0.2, 0.25) is 10.3 Å². The molecule has 0 spiro atoms. The van der Waals surface area contributed by atoms with Crippen LogP contribution in [0.15, 0.2) is 0 Å². The Morgan fingerprint density at radius 3 is 2.25 bits per heavy atom. The van der Waals surface area contributed by atoms with E-state index in [2.05, 4.69) is 24.1 Å². The highest BCUT2D eigenvalue weighted by molar-refractivity contribution is 7.71. The van der Waals surface area contributed by atoms with E-state index < -0.39 is 10.3 Å². The molecule has 0 aliphatic carbocycles. The molecule has 0 atom stereocenters. The standard InChI is InChI=1S/C13H27N3O3S/c1-5-15(6-2)10-8-14-13(17)16(12(3)4)9-7-11-20(18)19/h11-12H,5-10H2,1-4H3,(H,14,17). The molecule has 0 fully saturated rings. The number of carbonyl (C=O) groups excluding carboxylic acids is 1. The summed E-state index contributed by atoms with van der Waals surface area (Å²) in [7, 11) is -2.16. The fourth-order valence-electron chi connectivity index (χ4n) is 1.84. The molecule has 20 heavy (non-hydrogen) atoms. The van der Waals surface area contributed by atoms with Crippen molar-refractivity contribution < 1.29 is 13.2 Å². The van der Waals surface area contributed by atoms with Crippen molar-refractivity contribution >= 4 is 21.7 Å². The van der Waals surface area contributed by atoms with Crippen LogP contribution in [0.3, 0.4) is 0 Å². The molecule has 0 aromatic heterocycles. The number of hydrogen-bond donors (Lipinski definition) is 1. The maximum atomic E-state index is 12.0. The summed E-state index contributed by atoms with van der Waals surface area (Å²) in [4.78, 5) is 15.9. The molecule has 1 N–H and O–H groups in total. The van der Waals surface area contributed by atoms with E-state index in [0.29, 0.717) is 19.5 Å². The zero-order valence-corrected chi connectivity index (χ0v) is 13.7. The van der Waals surface area contributed by atoms with E-state index in [1.165, 1.54) is 5.37 Å². The fraction of sp³-hybridized carbons (Fsp3) is 0.846. The summed E-state index contributed by atoms with van der Waals surface area (Å²) in [5.74, 6) is 0. The van der Waals surface area contributed by atoms with Crippen molar-refractivity contribution in [2.24, 2.45) is 0 Å². The summed E-state index contributed by atoms with van der Waals surface area (Å²) in [5, 5.41) is 4.06. The monoisotopic (exact) mass is 305 g/mol. The van der Waals surface area contributed by atoms with Crippen molar-refractivity contribution in [1.82, 2.24) is 15.1 Å². The van der Waals surface area contributed by atoms with Crippen LogP contribution in [0.2, 0.25) is 0 Å². The minimum absolute atomic E-state index is 0.0388. The number of nitrogens with one attached hydrogen (secondary N) is 1. The van der Waals surface area contributed by atoms with E-state index in [9.17, 15) is 13.2 Å². The highest BCUT2D eigenvalue weighted by Gasteiger charge is 2.15. The van der Waals surface area contributed by atoms with Gasteiger partial charge in [0.05, 0.1) is 0 Å². The molecule has 6 nitrogen and oxygen atoms in total. The smallest absolute Gasteiger partial charge is 0.317 e. The third-order valence-electron chi connectivity index (χ3n) is 3.11. The molecule has 7 heteroatoms. The first-order valence-electron chi connectivity index (χ1n) is 7.10. The van der Waals surface area contributed by atoms with Gasteiger partial charge in [-0.25, -0.2) is 4.79 Å². The molecule has 2 amide bonds. The Kier molecular flexibility index (Phi) is 10.1. The normalized spacial score (nSPS) is 10.7. The van der Waals surface area contributed by atoms with E-state index >= 15 is 0 Å². The van der Waals surface area contributed by atoms with E-state index in [1.54, 1.807) is 4.90 Å². The number of urea groups is 1.